The number of nitrogens with zero attached hydrogens (tertiary/aromatic N) is 4. The Balaban J connectivity index is 1.94. The number of hydrogen-bond acceptors (Lipinski definition) is 8. The molecule has 0 aromatic heterocycles. The summed E-state index contributed by atoms with van der Waals surface area (Å²) in [4.78, 5) is 10.4. The van der Waals surface area contributed by atoms with Crippen LogP contribution in [0.4, 0.5) is 5.69 Å². The van der Waals surface area contributed by atoms with E-state index in [2.05, 4.69) is 6.07 Å². The van der Waals surface area contributed by atoms with Crippen LogP contribution in [0.15, 0.2) is 24.3 Å². The average Bonchev–Trinajstić information content (AvgIpc) is 2.92. The van der Waals surface area contributed by atoms with Crippen molar-refractivity contribution in [1.29, 1.82) is 21.2 Å². The summed E-state index contributed by atoms with van der Waals surface area (Å²) < 4.78 is 12.0. The van der Waals surface area contributed by atoms with Crippen molar-refractivity contribution in [3.63, 3.8) is 0 Å². The summed E-state index contributed by atoms with van der Waals surface area (Å²) in [6, 6.07) is 11.4. The van der Waals surface area contributed by atoms with Gasteiger partial charge in [-0.15, -0.1) is 0 Å². The molecule has 3 fully saturated rings. The molecule has 2 heterocycles. The minimum Gasteiger partial charge on any atom is -0.447 e. The van der Waals surface area contributed by atoms with Gasteiger partial charge in [0.15, 0.2) is 5.41 Å². The van der Waals surface area contributed by atoms with Crippen molar-refractivity contribution in [3.05, 3.63) is 39.9 Å². The molecule has 1 aromatic rings. The summed E-state index contributed by atoms with van der Waals surface area (Å²) in [6.07, 6.45) is 1.32. The fourth-order valence-corrected chi connectivity index (χ4v) is 4.93. The molecule has 1 aromatic carbocycles. The van der Waals surface area contributed by atoms with E-state index in [1.165, 1.54) is 24.3 Å². The number of nitriles is 3. The van der Waals surface area contributed by atoms with Gasteiger partial charge in [-0.2, -0.15) is 15.8 Å². The molecule has 2 aliphatic heterocycles. The number of rotatable bonds is 2. The van der Waals surface area contributed by atoms with Crippen LogP contribution in [-0.4, -0.2) is 16.6 Å². The molecular weight excluding hydrogens is 362 g/mol. The summed E-state index contributed by atoms with van der Waals surface area (Å²) in [5, 5.41) is 49.6. The molecule has 9 nitrogen and oxygen atoms in total. The van der Waals surface area contributed by atoms with Gasteiger partial charge in [-0.1, -0.05) is 6.42 Å². The van der Waals surface area contributed by atoms with Crippen LogP contribution in [-0.2, 0) is 9.47 Å². The highest BCUT2D eigenvalue weighted by Gasteiger charge is 2.80. The summed E-state index contributed by atoms with van der Waals surface area (Å²) in [5.74, 6) is -2.25. The SMILES string of the molecule is N#CC1(C#N)[C@@H](c2ccc([N+](=O)[O-])cc2)O[C@@]23CCCC[C@H]2[C@@]1(C#N)C(=N)O3. The molecule has 1 N–H and O–H groups in total. The topological polar surface area (TPSA) is 157 Å². The van der Waals surface area contributed by atoms with Crippen LogP contribution < -0.4 is 0 Å². The third-order valence-electron chi connectivity index (χ3n) is 6.22. The molecule has 1 aliphatic carbocycles. The van der Waals surface area contributed by atoms with Crippen LogP contribution in [0.25, 0.3) is 0 Å². The number of nitrogens with one attached hydrogen (secondary N) is 1. The standard InChI is InChI=1S/C19H15N5O4/c20-9-17(10-21)15(12-4-6-13(7-5-12)24(25)26)27-19-8-2-1-3-14(19)18(17,11-22)16(23)28-19/h4-7,14-15,23H,1-3,8H2/t14-,15+,18-,19+/m0/s1. The molecule has 1 saturated carbocycles. The number of nitro benzene ring substituents is 1. The predicted octanol–water partition coefficient (Wildman–Crippen LogP) is 3.10. The van der Waals surface area contributed by atoms with E-state index in [1.54, 1.807) is 0 Å². The van der Waals surface area contributed by atoms with E-state index < -0.39 is 39.5 Å². The van der Waals surface area contributed by atoms with Crippen molar-refractivity contribution in [2.45, 2.75) is 37.6 Å². The van der Waals surface area contributed by atoms with Crippen LogP contribution in [0, 0.1) is 66.3 Å². The Hall–Kier alpha value is -3.48. The van der Waals surface area contributed by atoms with Gasteiger partial charge in [-0.25, -0.2) is 0 Å². The maximum Gasteiger partial charge on any atom is 0.269 e. The quantitative estimate of drug-likeness (QED) is 0.612. The first-order chi connectivity index (χ1) is 13.4. The van der Waals surface area contributed by atoms with E-state index >= 15 is 0 Å². The zero-order valence-corrected chi connectivity index (χ0v) is 14.7. The molecule has 0 unspecified atom stereocenters. The number of nitro groups is 1. The molecule has 9 heteroatoms. The molecule has 140 valence electrons. The molecular formula is C19H15N5O4. The fraction of sp³-hybridized carbons (Fsp3) is 0.474. The molecule has 4 rings (SSSR count). The Kier molecular flexibility index (Phi) is 3.68. The number of ether oxygens (including phenoxy) is 2. The van der Waals surface area contributed by atoms with Crippen molar-refractivity contribution in [2.75, 3.05) is 0 Å². The maximum atomic E-state index is 10.9. The van der Waals surface area contributed by atoms with Gasteiger partial charge in [-0.05, 0) is 30.5 Å². The molecule has 2 bridgehead atoms. The monoisotopic (exact) mass is 377 g/mol. The maximum absolute atomic E-state index is 10.9. The van der Waals surface area contributed by atoms with E-state index in [-0.39, 0.29) is 5.69 Å². The lowest BCUT2D eigenvalue weighted by atomic mass is 9.51. The highest BCUT2D eigenvalue weighted by atomic mass is 16.7. The van der Waals surface area contributed by atoms with Crippen molar-refractivity contribution >= 4 is 11.6 Å². The van der Waals surface area contributed by atoms with Gasteiger partial charge in [0.1, 0.15) is 6.10 Å². The van der Waals surface area contributed by atoms with Gasteiger partial charge < -0.3 is 9.47 Å². The second kappa shape index (κ2) is 5.76. The van der Waals surface area contributed by atoms with Crippen LogP contribution in [0.2, 0.25) is 0 Å². The Morgan fingerprint density at radius 2 is 1.82 bits per heavy atom. The Labute approximate surface area is 160 Å². The highest BCUT2D eigenvalue weighted by molar-refractivity contribution is 5.89. The zero-order valence-electron chi connectivity index (χ0n) is 14.7. The zero-order chi connectivity index (χ0) is 20.2. The lowest BCUT2D eigenvalue weighted by molar-refractivity contribution is -0.384. The summed E-state index contributed by atoms with van der Waals surface area (Å²) in [7, 11) is 0. The van der Waals surface area contributed by atoms with E-state index in [1.807, 2.05) is 12.1 Å². The van der Waals surface area contributed by atoms with Gasteiger partial charge in [-0.3, -0.25) is 15.5 Å². The first kappa shape index (κ1) is 17.9. The summed E-state index contributed by atoms with van der Waals surface area (Å²) in [6.45, 7) is 0. The van der Waals surface area contributed by atoms with Gasteiger partial charge in [0, 0.05) is 18.6 Å². The van der Waals surface area contributed by atoms with Crippen molar-refractivity contribution in [2.24, 2.45) is 16.7 Å². The van der Waals surface area contributed by atoms with Crippen molar-refractivity contribution in [3.8, 4) is 18.2 Å². The highest BCUT2D eigenvalue weighted by Crippen LogP contribution is 2.69. The lowest BCUT2D eigenvalue weighted by Gasteiger charge is -2.51. The number of benzene rings is 1. The molecule has 0 amide bonds. The van der Waals surface area contributed by atoms with E-state index in [9.17, 15) is 25.9 Å². The third kappa shape index (κ3) is 1.88. The molecule has 0 radical (unpaired) electrons. The third-order valence-corrected chi connectivity index (χ3v) is 6.22. The van der Waals surface area contributed by atoms with Crippen molar-refractivity contribution in [1.82, 2.24) is 0 Å². The lowest BCUT2D eigenvalue weighted by Crippen LogP contribution is -2.60. The Bertz CT molecular complexity index is 987. The fourth-order valence-electron chi connectivity index (χ4n) is 4.93. The Morgan fingerprint density at radius 3 is 2.39 bits per heavy atom. The van der Waals surface area contributed by atoms with Gasteiger partial charge in [0.2, 0.25) is 17.1 Å². The molecule has 28 heavy (non-hydrogen) atoms. The molecule has 4 atom stereocenters. The van der Waals surface area contributed by atoms with Gasteiger partial charge in [0.25, 0.3) is 5.69 Å². The second-order valence-electron chi connectivity index (χ2n) is 7.34. The second-order valence-corrected chi connectivity index (χ2v) is 7.34. The Morgan fingerprint density at radius 1 is 1.14 bits per heavy atom. The van der Waals surface area contributed by atoms with Gasteiger partial charge in [0.05, 0.1) is 29.0 Å². The largest absolute Gasteiger partial charge is 0.447 e. The van der Waals surface area contributed by atoms with Crippen LogP contribution in [0.5, 0.6) is 0 Å². The molecule has 2 saturated heterocycles. The van der Waals surface area contributed by atoms with Crippen LogP contribution >= 0.6 is 0 Å². The molecule has 0 spiro atoms. The van der Waals surface area contributed by atoms with E-state index in [0.29, 0.717) is 18.4 Å². The minimum atomic E-state index is -2.02. The first-order valence-corrected chi connectivity index (χ1v) is 8.85. The minimum absolute atomic E-state index is 0.144. The summed E-state index contributed by atoms with van der Waals surface area (Å²) in [5.41, 5.74) is -3.57. The van der Waals surface area contributed by atoms with Gasteiger partial charge >= 0.3 is 0 Å². The average molecular weight is 377 g/mol. The normalized spacial score (nSPS) is 34.8. The smallest absolute Gasteiger partial charge is 0.269 e. The number of non-ortho nitro benzene ring substituents is 1. The van der Waals surface area contributed by atoms with Crippen molar-refractivity contribution < 1.29 is 14.4 Å². The van der Waals surface area contributed by atoms with Crippen LogP contribution in [0.3, 0.4) is 0 Å². The number of hydrogen-bond donors (Lipinski definition) is 1. The molecule has 3 aliphatic rings. The predicted molar refractivity (Wildman–Crippen MR) is 92.1 cm³/mol. The summed E-state index contributed by atoms with van der Waals surface area (Å²) >= 11 is 0. The van der Waals surface area contributed by atoms with E-state index in [4.69, 9.17) is 14.9 Å². The van der Waals surface area contributed by atoms with Crippen LogP contribution in [0.1, 0.15) is 37.4 Å². The van der Waals surface area contributed by atoms with E-state index in [0.717, 1.165) is 12.8 Å². The first-order valence-electron chi connectivity index (χ1n) is 8.85.